The van der Waals surface area contributed by atoms with Crippen LogP contribution in [0.1, 0.15) is 50.0 Å². The molecule has 3 aromatic rings. The van der Waals surface area contributed by atoms with Crippen molar-refractivity contribution in [3.05, 3.63) is 41.8 Å². The Balaban J connectivity index is 1.71. The lowest BCUT2D eigenvalue weighted by Crippen LogP contribution is -2.17. The van der Waals surface area contributed by atoms with Gasteiger partial charge in [-0.2, -0.15) is 0 Å². The molecule has 0 saturated heterocycles. The van der Waals surface area contributed by atoms with Crippen LogP contribution in [0, 0.1) is 0 Å². The fourth-order valence-corrected chi connectivity index (χ4v) is 5.83. The average Bonchev–Trinajstić information content (AvgIpc) is 3.41. The van der Waals surface area contributed by atoms with Crippen molar-refractivity contribution in [1.82, 2.24) is 19.7 Å². The van der Waals surface area contributed by atoms with E-state index in [4.69, 9.17) is 4.98 Å². The van der Waals surface area contributed by atoms with Crippen LogP contribution in [0.2, 0.25) is 0 Å². The van der Waals surface area contributed by atoms with Crippen LogP contribution in [-0.4, -0.2) is 25.7 Å². The Morgan fingerprint density at radius 2 is 2.11 bits per heavy atom. The van der Waals surface area contributed by atoms with Crippen molar-refractivity contribution in [3.63, 3.8) is 0 Å². The van der Waals surface area contributed by atoms with E-state index in [1.807, 2.05) is 31.3 Å². The second-order valence-electron chi connectivity index (χ2n) is 6.81. The number of benzene rings is 1. The molecule has 1 aromatic carbocycles. The lowest BCUT2D eigenvalue weighted by Gasteiger charge is -2.18. The summed E-state index contributed by atoms with van der Waals surface area (Å²) >= 11 is 1.75. The van der Waals surface area contributed by atoms with Gasteiger partial charge in [-0.1, -0.05) is 38.3 Å². The predicted octanol–water partition coefficient (Wildman–Crippen LogP) is 4.88. The van der Waals surface area contributed by atoms with Gasteiger partial charge >= 0.3 is 0 Å². The monoisotopic (exact) mass is 400 g/mol. The first kappa shape index (κ1) is 18.5. The fourth-order valence-electron chi connectivity index (χ4n) is 3.61. The van der Waals surface area contributed by atoms with E-state index in [9.17, 15) is 4.21 Å². The molecular weight excluding hydrogens is 376 g/mol. The number of hydrogen-bond acceptors (Lipinski definition) is 4. The number of aromatic nitrogens is 3. The number of thiazole rings is 1. The second kappa shape index (κ2) is 8.46. The number of hydrogen-bond donors (Lipinski definition) is 2. The summed E-state index contributed by atoms with van der Waals surface area (Å²) in [5.74, 6) is 1.37. The average molecular weight is 401 g/mol. The molecule has 2 aromatic heterocycles. The first-order chi connectivity index (χ1) is 13.3. The summed E-state index contributed by atoms with van der Waals surface area (Å²) in [4.78, 5) is 14.0. The third kappa shape index (κ3) is 4.05. The molecule has 7 heteroatoms. The SMILES string of the molecule is CCNS(=O)c1cc(-c2ncc[nH]2)ccc1-c1cnc(C2CCCCC2)s1. The molecule has 1 aliphatic carbocycles. The van der Waals surface area contributed by atoms with E-state index in [1.54, 1.807) is 23.7 Å². The first-order valence-corrected chi connectivity index (χ1v) is 11.5. The van der Waals surface area contributed by atoms with E-state index in [1.165, 1.54) is 37.1 Å². The highest BCUT2D eigenvalue weighted by Gasteiger charge is 2.21. The molecule has 142 valence electrons. The fraction of sp³-hybridized carbons (Fsp3) is 0.400. The number of rotatable bonds is 6. The molecule has 0 aliphatic heterocycles. The molecule has 1 aliphatic rings. The van der Waals surface area contributed by atoms with Crippen molar-refractivity contribution in [1.29, 1.82) is 0 Å². The van der Waals surface area contributed by atoms with Crippen molar-refractivity contribution >= 4 is 22.3 Å². The summed E-state index contributed by atoms with van der Waals surface area (Å²) in [6.07, 6.45) is 11.9. The Labute approximate surface area is 166 Å². The zero-order valence-corrected chi connectivity index (χ0v) is 17.0. The van der Waals surface area contributed by atoms with E-state index in [2.05, 4.69) is 14.7 Å². The third-order valence-corrected chi connectivity index (χ3v) is 7.45. The number of H-pyrrole nitrogens is 1. The summed E-state index contributed by atoms with van der Waals surface area (Å²) in [6, 6.07) is 6.04. The minimum absolute atomic E-state index is 0.586. The highest BCUT2D eigenvalue weighted by atomic mass is 32.2. The highest BCUT2D eigenvalue weighted by Crippen LogP contribution is 2.39. The minimum Gasteiger partial charge on any atom is -0.345 e. The van der Waals surface area contributed by atoms with Gasteiger partial charge in [0.15, 0.2) is 0 Å². The van der Waals surface area contributed by atoms with E-state index in [0.717, 1.165) is 26.7 Å². The highest BCUT2D eigenvalue weighted by molar-refractivity contribution is 7.83. The van der Waals surface area contributed by atoms with Gasteiger partial charge in [-0.05, 0) is 18.9 Å². The number of imidazole rings is 1. The summed E-state index contributed by atoms with van der Waals surface area (Å²) in [5, 5.41) is 1.22. The minimum atomic E-state index is -1.28. The van der Waals surface area contributed by atoms with Gasteiger partial charge in [-0.15, -0.1) is 11.3 Å². The van der Waals surface area contributed by atoms with Crippen LogP contribution >= 0.6 is 11.3 Å². The Morgan fingerprint density at radius 1 is 1.26 bits per heavy atom. The lowest BCUT2D eigenvalue weighted by atomic mass is 9.90. The smallest absolute Gasteiger partial charge is 0.137 e. The quantitative estimate of drug-likeness (QED) is 0.619. The molecule has 0 bridgehead atoms. The Kier molecular flexibility index (Phi) is 5.80. The molecule has 1 saturated carbocycles. The topological polar surface area (TPSA) is 70.7 Å². The van der Waals surface area contributed by atoms with Gasteiger partial charge in [-0.25, -0.2) is 18.9 Å². The van der Waals surface area contributed by atoms with E-state index < -0.39 is 11.0 Å². The van der Waals surface area contributed by atoms with Crippen molar-refractivity contribution in [2.24, 2.45) is 0 Å². The van der Waals surface area contributed by atoms with Crippen LogP contribution < -0.4 is 4.72 Å². The van der Waals surface area contributed by atoms with Crippen LogP contribution in [0.5, 0.6) is 0 Å². The zero-order chi connectivity index (χ0) is 18.6. The molecule has 4 rings (SSSR count). The molecule has 0 amide bonds. The summed E-state index contributed by atoms with van der Waals surface area (Å²) < 4.78 is 15.9. The molecule has 2 N–H and O–H groups in total. The Hall–Kier alpha value is -1.83. The van der Waals surface area contributed by atoms with Gasteiger partial charge < -0.3 is 4.98 Å². The molecule has 5 nitrogen and oxygen atoms in total. The molecule has 1 fully saturated rings. The van der Waals surface area contributed by atoms with E-state index in [-0.39, 0.29) is 0 Å². The second-order valence-corrected chi connectivity index (χ2v) is 9.14. The molecule has 1 unspecified atom stereocenters. The summed E-state index contributed by atoms with van der Waals surface area (Å²) in [5.41, 5.74) is 1.92. The maximum absolute atomic E-state index is 12.8. The number of aromatic amines is 1. The summed E-state index contributed by atoms with van der Waals surface area (Å²) in [7, 11) is -1.28. The molecule has 0 radical (unpaired) electrons. The van der Waals surface area contributed by atoms with Crippen LogP contribution in [0.4, 0.5) is 0 Å². The van der Waals surface area contributed by atoms with Crippen molar-refractivity contribution in [2.75, 3.05) is 6.54 Å². The summed E-state index contributed by atoms with van der Waals surface area (Å²) in [6.45, 7) is 2.61. The maximum atomic E-state index is 12.8. The maximum Gasteiger partial charge on any atom is 0.137 e. The van der Waals surface area contributed by atoms with E-state index >= 15 is 0 Å². The number of nitrogens with one attached hydrogen (secondary N) is 2. The van der Waals surface area contributed by atoms with Crippen molar-refractivity contribution < 1.29 is 4.21 Å². The standard InChI is InChI=1S/C20H24N4OS2/c1-2-24-27(25)18-12-15(19-21-10-11-22-19)8-9-16(18)17-13-23-20(26-17)14-6-4-3-5-7-14/h8-14,24H,2-7H2,1H3,(H,21,22). The predicted molar refractivity (Wildman–Crippen MR) is 111 cm³/mol. The van der Waals surface area contributed by atoms with Gasteiger partial charge in [0.05, 0.1) is 14.8 Å². The molecular formula is C20H24N4OS2. The van der Waals surface area contributed by atoms with Crippen LogP contribution in [0.3, 0.4) is 0 Å². The molecule has 0 spiro atoms. The van der Waals surface area contributed by atoms with Crippen molar-refractivity contribution in [3.8, 4) is 21.8 Å². The zero-order valence-electron chi connectivity index (χ0n) is 15.4. The normalized spacial score (nSPS) is 16.5. The Morgan fingerprint density at radius 3 is 2.85 bits per heavy atom. The lowest BCUT2D eigenvalue weighted by molar-refractivity contribution is 0.442. The molecule has 27 heavy (non-hydrogen) atoms. The van der Waals surface area contributed by atoms with Gasteiger partial charge in [-0.3, -0.25) is 0 Å². The largest absolute Gasteiger partial charge is 0.345 e. The molecule has 1 atom stereocenters. The molecule has 2 heterocycles. The number of nitrogens with zero attached hydrogens (tertiary/aromatic N) is 2. The van der Waals surface area contributed by atoms with Gasteiger partial charge in [0.2, 0.25) is 0 Å². The van der Waals surface area contributed by atoms with Crippen molar-refractivity contribution in [2.45, 2.75) is 49.8 Å². The van der Waals surface area contributed by atoms with E-state index in [0.29, 0.717) is 12.5 Å². The van der Waals surface area contributed by atoms with Crippen LogP contribution in [0.15, 0.2) is 41.7 Å². The van der Waals surface area contributed by atoms with Gasteiger partial charge in [0, 0.05) is 42.2 Å². The van der Waals surface area contributed by atoms with Crippen LogP contribution in [0.25, 0.3) is 21.8 Å². The van der Waals surface area contributed by atoms with Crippen LogP contribution in [-0.2, 0) is 11.0 Å². The first-order valence-electron chi connectivity index (χ1n) is 9.51. The van der Waals surface area contributed by atoms with Gasteiger partial charge in [0.1, 0.15) is 16.8 Å². The van der Waals surface area contributed by atoms with Gasteiger partial charge in [0.25, 0.3) is 0 Å². The third-order valence-electron chi connectivity index (χ3n) is 4.97. The Bertz CT molecular complexity index is 914.